The SMILES string of the molecule is Cn1nc(C(F)(F)F)cc1-c1ccc(O)c(-c2ccc(Cl)c(C(F)(F)F)c2)c1O. The second kappa shape index (κ2) is 6.87. The molecule has 3 rings (SSSR count). The summed E-state index contributed by atoms with van der Waals surface area (Å²) in [6.45, 7) is 0. The highest BCUT2D eigenvalue weighted by Gasteiger charge is 2.36. The maximum atomic E-state index is 13.1. The van der Waals surface area contributed by atoms with Crippen LogP contribution in [0.5, 0.6) is 11.5 Å². The third-order valence-corrected chi connectivity index (χ3v) is 4.49. The second-order valence-electron chi connectivity index (χ2n) is 6.08. The summed E-state index contributed by atoms with van der Waals surface area (Å²) in [5, 5.41) is 23.4. The molecule has 2 aromatic carbocycles. The summed E-state index contributed by atoms with van der Waals surface area (Å²) >= 11 is 5.58. The number of phenolic OH excluding ortho intramolecular Hbond substituents is 2. The average molecular weight is 437 g/mol. The van der Waals surface area contributed by atoms with E-state index in [0.29, 0.717) is 12.1 Å². The minimum Gasteiger partial charge on any atom is -0.507 e. The van der Waals surface area contributed by atoms with Crippen LogP contribution in [0, 0.1) is 0 Å². The molecule has 0 aliphatic rings. The van der Waals surface area contributed by atoms with Crippen molar-refractivity contribution in [3.05, 3.63) is 52.7 Å². The third kappa shape index (κ3) is 3.84. The van der Waals surface area contributed by atoms with Crippen LogP contribution in [0.25, 0.3) is 22.4 Å². The van der Waals surface area contributed by atoms with E-state index >= 15 is 0 Å². The molecule has 0 aliphatic carbocycles. The first-order valence-electron chi connectivity index (χ1n) is 7.84. The van der Waals surface area contributed by atoms with Gasteiger partial charge in [0.2, 0.25) is 0 Å². The van der Waals surface area contributed by atoms with Gasteiger partial charge in [0.25, 0.3) is 0 Å². The lowest BCUT2D eigenvalue weighted by molar-refractivity contribution is -0.141. The van der Waals surface area contributed by atoms with Crippen molar-refractivity contribution in [3.63, 3.8) is 0 Å². The topological polar surface area (TPSA) is 58.3 Å². The van der Waals surface area contributed by atoms with Gasteiger partial charge in [-0.3, -0.25) is 4.68 Å². The molecule has 3 aromatic rings. The monoisotopic (exact) mass is 436 g/mol. The Kier molecular flexibility index (Phi) is 4.94. The maximum absolute atomic E-state index is 13.1. The van der Waals surface area contributed by atoms with Gasteiger partial charge in [-0.25, -0.2) is 0 Å². The Morgan fingerprint density at radius 1 is 0.931 bits per heavy atom. The van der Waals surface area contributed by atoms with E-state index in [-0.39, 0.29) is 22.4 Å². The number of phenols is 2. The smallest absolute Gasteiger partial charge is 0.435 e. The summed E-state index contributed by atoms with van der Waals surface area (Å²) in [7, 11) is 1.21. The molecule has 0 saturated carbocycles. The van der Waals surface area contributed by atoms with Crippen molar-refractivity contribution in [2.24, 2.45) is 7.05 Å². The van der Waals surface area contributed by atoms with Crippen molar-refractivity contribution < 1.29 is 36.6 Å². The van der Waals surface area contributed by atoms with Crippen LogP contribution in [-0.2, 0) is 19.4 Å². The van der Waals surface area contributed by atoms with Gasteiger partial charge < -0.3 is 10.2 Å². The van der Waals surface area contributed by atoms with E-state index in [1.807, 2.05) is 0 Å². The molecule has 0 atom stereocenters. The summed E-state index contributed by atoms with van der Waals surface area (Å²) < 4.78 is 79.0. The van der Waals surface area contributed by atoms with Gasteiger partial charge in [-0.1, -0.05) is 17.7 Å². The molecule has 29 heavy (non-hydrogen) atoms. The van der Waals surface area contributed by atoms with Crippen molar-refractivity contribution >= 4 is 11.6 Å². The normalized spacial score (nSPS) is 12.4. The molecule has 154 valence electrons. The van der Waals surface area contributed by atoms with Gasteiger partial charge in [0, 0.05) is 12.6 Å². The molecule has 1 heterocycles. The zero-order valence-electron chi connectivity index (χ0n) is 14.4. The van der Waals surface area contributed by atoms with Gasteiger partial charge in [0.1, 0.15) is 11.5 Å². The number of aromatic hydroxyl groups is 2. The molecule has 0 fully saturated rings. The number of aryl methyl sites for hydroxylation is 1. The first-order chi connectivity index (χ1) is 13.3. The number of aromatic nitrogens is 2. The van der Waals surface area contributed by atoms with Crippen LogP contribution in [-0.4, -0.2) is 20.0 Å². The number of alkyl halides is 6. The van der Waals surface area contributed by atoms with Crippen LogP contribution in [0.15, 0.2) is 36.4 Å². The average Bonchev–Trinajstić information content (AvgIpc) is 2.97. The van der Waals surface area contributed by atoms with Gasteiger partial charge in [-0.05, 0) is 35.9 Å². The highest BCUT2D eigenvalue weighted by Crippen LogP contribution is 2.46. The molecule has 11 heteroatoms. The lowest BCUT2D eigenvalue weighted by Crippen LogP contribution is -2.06. The Labute approximate surface area is 164 Å². The lowest BCUT2D eigenvalue weighted by atomic mass is 9.97. The summed E-state index contributed by atoms with van der Waals surface area (Å²) in [5.41, 5.74) is -3.33. The van der Waals surface area contributed by atoms with Gasteiger partial charge in [-0.15, -0.1) is 0 Å². The van der Waals surface area contributed by atoms with Crippen LogP contribution < -0.4 is 0 Å². The number of hydrogen-bond acceptors (Lipinski definition) is 3. The fourth-order valence-electron chi connectivity index (χ4n) is 2.83. The number of benzene rings is 2. The van der Waals surface area contributed by atoms with Crippen molar-refractivity contribution in [2.45, 2.75) is 12.4 Å². The third-order valence-electron chi connectivity index (χ3n) is 4.16. The van der Waals surface area contributed by atoms with E-state index in [4.69, 9.17) is 11.6 Å². The summed E-state index contributed by atoms with van der Waals surface area (Å²) in [6.07, 6.45) is -9.53. The van der Waals surface area contributed by atoms with Crippen LogP contribution in [0.3, 0.4) is 0 Å². The molecular formula is C18H11ClF6N2O2. The maximum Gasteiger partial charge on any atom is 0.435 e. The Hall–Kier alpha value is -2.88. The second-order valence-corrected chi connectivity index (χ2v) is 6.49. The zero-order chi connectivity index (χ0) is 21.7. The predicted molar refractivity (Wildman–Crippen MR) is 92.4 cm³/mol. The van der Waals surface area contributed by atoms with Gasteiger partial charge >= 0.3 is 12.4 Å². The van der Waals surface area contributed by atoms with Gasteiger partial charge in [0.05, 0.1) is 21.8 Å². The molecule has 0 amide bonds. The fourth-order valence-corrected chi connectivity index (χ4v) is 3.05. The molecule has 2 N–H and O–H groups in total. The lowest BCUT2D eigenvalue weighted by Gasteiger charge is -2.15. The Morgan fingerprint density at radius 2 is 1.59 bits per heavy atom. The molecule has 4 nitrogen and oxygen atoms in total. The van der Waals surface area contributed by atoms with E-state index < -0.39 is 40.1 Å². The van der Waals surface area contributed by atoms with Crippen LogP contribution >= 0.6 is 11.6 Å². The number of rotatable bonds is 2. The minimum atomic E-state index is -4.79. The van der Waals surface area contributed by atoms with E-state index in [2.05, 4.69) is 5.10 Å². The number of nitrogens with zero attached hydrogens (tertiary/aromatic N) is 2. The quantitative estimate of drug-likeness (QED) is 0.495. The Morgan fingerprint density at radius 3 is 2.14 bits per heavy atom. The van der Waals surface area contributed by atoms with Crippen molar-refractivity contribution in [3.8, 4) is 33.9 Å². The van der Waals surface area contributed by atoms with Crippen molar-refractivity contribution in [2.75, 3.05) is 0 Å². The van der Waals surface area contributed by atoms with Crippen LogP contribution in [0.2, 0.25) is 5.02 Å². The molecule has 0 spiro atoms. The molecule has 0 radical (unpaired) electrons. The molecule has 1 aromatic heterocycles. The van der Waals surface area contributed by atoms with Crippen LogP contribution in [0.4, 0.5) is 26.3 Å². The zero-order valence-corrected chi connectivity index (χ0v) is 15.2. The van der Waals surface area contributed by atoms with Crippen molar-refractivity contribution in [1.82, 2.24) is 9.78 Å². The van der Waals surface area contributed by atoms with E-state index in [0.717, 1.165) is 28.9 Å². The summed E-state index contributed by atoms with van der Waals surface area (Å²) in [6, 6.07) is 5.57. The highest BCUT2D eigenvalue weighted by atomic mass is 35.5. The van der Waals surface area contributed by atoms with Crippen LogP contribution in [0.1, 0.15) is 11.3 Å². The highest BCUT2D eigenvalue weighted by molar-refractivity contribution is 6.31. The van der Waals surface area contributed by atoms with E-state index in [9.17, 15) is 36.6 Å². The number of hydrogen-bond donors (Lipinski definition) is 2. The standard InChI is InChI=1S/C18H11ClF6N2O2/c1-27-12(7-14(26-27)18(23,24)25)9-3-5-13(28)15(16(9)29)8-2-4-11(19)10(6-8)17(20,21)22/h2-7,28-29H,1H3. The summed E-state index contributed by atoms with van der Waals surface area (Å²) in [4.78, 5) is 0. The Bertz CT molecular complexity index is 1090. The first kappa shape index (κ1) is 20.8. The predicted octanol–water partition coefficient (Wildman–Crippen LogP) is 5.86. The van der Waals surface area contributed by atoms with Crippen molar-refractivity contribution in [1.29, 1.82) is 0 Å². The summed E-state index contributed by atoms with van der Waals surface area (Å²) in [5.74, 6) is -1.28. The molecular weight excluding hydrogens is 426 g/mol. The first-order valence-corrected chi connectivity index (χ1v) is 8.22. The fraction of sp³-hybridized carbons (Fsp3) is 0.167. The Balaban J connectivity index is 2.21. The molecule has 0 unspecified atom stereocenters. The largest absolute Gasteiger partial charge is 0.507 e. The number of halogens is 7. The minimum absolute atomic E-state index is 0.152. The van der Waals surface area contributed by atoms with E-state index in [1.54, 1.807) is 0 Å². The molecule has 0 bridgehead atoms. The molecule has 0 saturated heterocycles. The van der Waals surface area contributed by atoms with Gasteiger partial charge in [-0.2, -0.15) is 31.4 Å². The van der Waals surface area contributed by atoms with E-state index in [1.165, 1.54) is 7.05 Å². The van der Waals surface area contributed by atoms with Gasteiger partial charge in [0.15, 0.2) is 5.69 Å². The molecule has 0 aliphatic heterocycles.